The second-order valence-corrected chi connectivity index (χ2v) is 12.9. The summed E-state index contributed by atoms with van der Waals surface area (Å²) in [7, 11) is 0. The van der Waals surface area contributed by atoms with Crippen LogP contribution in [-0.4, -0.2) is 97.4 Å². The monoisotopic (exact) mass is 693 g/mol. The molecule has 1 aliphatic rings. The number of benzene rings is 3. The van der Waals surface area contributed by atoms with Crippen LogP contribution in [0, 0.1) is 5.82 Å². The molecular weight excluding hydrogens is 648 g/mol. The number of carbonyl (C=O) groups excluding carboxylic acids is 2. The van der Waals surface area contributed by atoms with Crippen molar-refractivity contribution >= 4 is 47.3 Å². The Morgan fingerprint density at radius 1 is 0.860 bits per heavy atom. The van der Waals surface area contributed by atoms with E-state index in [2.05, 4.69) is 5.32 Å². The van der Waals surface area contributed by atoms with Crippen LogP contribution in [-0.2, 0) is 17.8 Å². The summed E-state index contributed by atoms with van der Waals surface area (Å²) in [4.78, 5) is 40.4. The maximum absolute atomic E-state index is 14.4. The molecule has 0 aliphatic carbocycles. The summed E-state index contributed by atoms with van der Waals surface area (Å²) in [6, 6.07) is 22.7. The van der Waals surface area contributed by atoms with E-state index in [1.54, 1.807) is 18.2 Å². The molecule has 0 bridgehead atoms. The topological polar surface area (TPSA) is 132 Å². The molecule has 2 atom stereocenters. The van der Waals surface area contributed by atoms with Crippen LogP contribution in [0.4, 0.5) is 4.39 Å². The van der Waals surface area contributed by atoms with Crippen molar-refractivity contribution in [2.75, 3.05) is 13.1 Å². The molecule has 0 unspecified atom stereocenters. The van der Waals surface area contributed by atoms with Crippen LogP contribution in [0.15, 0.2) is 78.9 Å². The van der Waals surface area contributed by atoms with Crippen LogP contribution in [0.1, 0.15) is 84.1 Å². The minimum absolute atomic E-state index is 0. The number of hydrogen-bond acceptors (Lipinski definition) is 5. The molecule has 260 valence electrons. The predicted molar refractivity (Wildman–Crippen MR) is 193 cm³/mol. The van der Waals surface area contributed by atoms with E-state index in [1.165, 1.54) is 12.1 Å². The van der Waals surface area contributed by atoms with Gasteiger partial charge >= 0.3 is 35.5 Å². The third kappa shape index (κ3) is 9.50. The van der Waals surface area contributed by atoms with Crippen molar-refractivity contribution in [1.82, 2.24) is 14.8 Å². The number of likely N-dealkylation sites (tertiary alicyclic amines) is 1. The van der Waals surface area contributed by atoms with Crippen LogP contribution >= 0.6 is 0 Å². The number of carbonyl (C=O) groups is 3. The summed E-state index contributed by atoms with van der Waals surface area (Å²) in [5.41, 5.74) is 5.37. The Balaban J connectivity index is 0.00000562. The fraction of sp³-hybridized carbons (Fsp3) is 0.359. The van der Waals surface area contributed by atoms with Crippen molar-refractivity contribution in [2.45, 2.75) is 77.2 Å². The molecule has 3 aromatic carbocycles. The Morgan fingerprint density at radius 3 is 2.16 bits per heavy atom. The summed E-state index contributed by atoms with van der Waals surface area (Å²) < 4.78 is 16.1. The zero-order valence-electron chi connectivity index (χ0n) is 27.9. The van der Waals surface area contributed by atoms with E-state index in [0.29, 0.717) is 28.8 Å². The molecule has 2 heterocycles. The van der Waals surface area contributed by atoms with E-state index in [4.69, 9.17) is 5.11 Å². The van der Waals surface area contributed by atoms with E-state index in [-0.39, 0.29) is 66.8 Å². The van der Waals surface area contributed by atoms with Gasteiger partial charge < -0.3 is 30.1 Å². The molecule has 4 aromatic rings. The molecular formula is C39H45FN3NaO6. The van der Waals surface area contributed by atoms with Crippen molar-refractivity contribution in [3.8, 4) is 22.3 Å². The first-order chi connectivity index (χ1) is 23.5. The second-order valence-electron chi connectivity index (χ2n) is 12.9. The van der Waals surface area contributed by atoms with E-state index in [0.717, 1.165) is 48.3 Å². The molecule has 2 amide bonds. The molecule has 1 aliphatic heterocycles. The maximum atomic E-state index is 14.4. The number of rotatable bonds is 14. The summed E-state index contributed by atoms with van der Waals surface area (Å²) in [6.45, 7) is 5.59. The van der Waals surface area contributed by atoms with E-state index in [1.807, 2.05) is 71.8 Å². The fourth-order valence-corrected chi connectivity index (χ4v) is 6.69. The molecule has 50 heavy (non-hydrogen) atoms. The van der Waals surface area contributed by atoms with E-state index in [9.17, 15) is 29.0 Å². The van der Waals surface area contributed by atoms with Gasteiger partial charge in [0.05, 0.1) is 18.6 Å². The number of aliphatic hydroxyl groups is 2. The predicted octanol–water partition coefficient (Wildman–Crippen LogP) is 5.58. The fourth-order valence-electron chi connectivity index (χ4n) is 6.69. The Morgan fingerprint density at radius 2 is 1.52 bits per heavy atom. The van der Waals surface area contributed by atoms with Gasteiger partial charge in [0.2, 0.25) is 0 Å². The Hall–Kier alpha value is -3.80. The van der Waals surface area contributed by atoms with Crippen LogP contribution in [0.25, 0.3) is 22.3 Å². The first kappa shape index (κ1) is 39.0. The van der Waals surface area contributed by atoms with E-state index >= 15 is 0 Å². The number of carboxylic acids is 1. The molecule has 5 rings (SSSR count). The van der Waals surface area contributed by atoms with Crippen molar-refractivity contribution in [2.24, 2.45) is 0 Å². The standard InChI is InChI=1S/C39H44FN3O6.Na.H/c1-25(2)43-33(18-17-31(44)22-32(45)23-34(46)47)35(28-13-15-30(40)16-14-28)36(27-10-4-3-5-11-27)37(43)38(48)41-24-26-9-8-12-29(21-26)39(49)42-19-6-7-20-42;;/h3-5,8-16,21,25,31-32,44-45H,6-7,17-20,22-24H2,1-2H3,(H,41,48)(H,46,47);;/t31-,32-;;/m1../s1. The van der Waals surface area contributed by atoms with Gasteiger partial charge in [0.1, 0.15) is 11.5 Å². The third-order valence-corrected chi connectivity index (χ3v) is 8.92. The van der Waals surface area contributed by atoms with Gasteiger partial charge in [-0.1, -0.05) is 54.6 Å². The molecule has 0 saturated carbocycles. The zero-order chi connectivity index (χ0) is 35.1. The third-order valence-electron chi connectivity index (χ3n) is 8.92. The second kappa shape index (κ2) is 17.9. The number of amides is 2. The van der Waals surface area contributed by atoms with Gasteiger partial charge in [-0.05, 0) is 86.9 Å². The van der Waals surface area contributed by atoms with Crippen LogP contribution in [0.3, 0.4) is 0 Å². The number of aromatic nitrogens is 1. The van der Waals surface area contributed by atoms with Gasteiger partial charge in [-0.2, -0.15) is 0 Å². The number of nitrogens with zero attached hydrogens (tertiary/aromatic N) is 2. The van der Waals surface area contributed by atoms with E-state index < -0.39 is 30.4 Å². The number of halogens is 1. The Bertz CT molecular complexity index is 1770. The summed E-state index contributed by atoms with van der Waals surface area (Å²) in [5, 5.41) is 33.1. The van der Waals surface area contributed by atoms with Crippen molar-refractivity contribution in [3.05, 3.63) is 107 Å². The summed E-state index contributed by atoms with van der Waals surface area (Å²) in [6.07, 6.45) is -0.321. The molecule has 11 heteroatoms. The molecule has 9 nitrogen and oxygen atoms in total. The molecule has 0 radical (unpaired) electrons. The number of aliphatic hydroxyl groups excluding tert-OH is 2. The first-order valence-corrected chi connectivity index (χ1v) is 16.9. The molecule has 1 saturated heterocycles. The van der Waals surface area contributed by atoms with Gasteiger partial charge in [-0.15, -0.1) is 0 Å². The summed E-state index contributed by atoms with van der Waals surface area (Å²) in [5.74, 6) is -1.91. The molecule has 1 aromatic heterocycles. The van der Waals surface area contributed by atoms with Gasteiger partial charge in [-0.3, -0.25) is 14.4 Å². The van der Waals surface area contributed by atoms with Crippen LogP contribution in [0.5, 0.6) is 0 Å². The SMILES string of the molecule is CC(C)n1c(CC[C@@H](O)C[C@@H](O)CC(=O)O)c(-c2ccc(F)cc2)c(-c2ccccc2)c1C(=O)NCc1cccc(C(=O)N2CCCC2)c1.[NaH]. The van der Waals surface area contributed by atoms with Crippen molar-refractivity contribution < 1.29 is 34.1 Å². The molecule has 0 spiro atoms. The number of carboxylic acid groups (broad SMARTS) is 1. The average molecular weight is 694 g/mol. The average Bonchev–Trinajstić information content (AvgIpc) is 3.74. The summed E-state index contributed by atoms with van der Waals surface area (Å²) >= 11 is 0. The first-order valence-electron chi connectivity index (χ1n) is 16.9. The van der Waals surface area contributed by atoms with Gasteiger partial charge in [0, 0.05) is 48.1 Å². The number of hydrogen-bond donors (Lipinski definition) is 4. The Kier molecular flexibility index (Phi) is 14.0. The van der Waals surface area contributed by atoms with Gasteiger partial charge in [-0.25, -0.2) is 4.39 Å². The normalized spacial score (nSPS) is 13.9. The van der Waals surface area contributed by atoms with Crippen molar-refractivity contribution in [3.63, 3.8) is 0 Å². The molecule has 1 fully saturated rings. The number of nitrogens with one attached hydrogen (secondary N) is 1. The quantitative estimate of drug-likeness (QED) is 0.128. The number of aliphatic carboxylic acids is 1. The van der Waals surface area contributed by atoms with Gasteiger partial charge in [0.25, 0.3) is 11.8 Å². The Labute approximate surface area is 314 Å². The van der Waals surface area contributed by atoms with Crippen LogP contribution < -0.4 is 5.32 Å². The van der Waals surface area contributed by atoms with Crippen LogP contribution in [0.2, 0.25) is 0 Å². The minimum atomic E-state index is -1.20. The van der Waals surface area contributed by atoms with Gasteiger partial charge in [0.15, 0.2) is 0 Å². The zero-order valence-corrected chi connectivity index (χ0v) is 27.9. The van der Waals surface area contributed by atoms with Crippen molar-refractivity contribution in [1.29, 1.82) is 0 Å². The molecule has 4 N–H and O–H groups in total.